The zero-order chi connectivity index (χ0) is 20.2. The van der Waals surface area contributed by atoms with Crippen LogP contribution in [0.4, 0.5) is 0 Å². The first-order valence-corrected chi connectivity index (χ1v) is 12.5. The van der Waals surface area contributed by atoms with Gasteiger partial charge in [0.25, 0.3) is 8.32 Å². The molecule has 0 fully saturated rings. The Balaban J connectivity index is 2.38. The molecule has 1 unspecified atom stereocenters. The number of aromatic nitrogens is 1. The Bertz CT molecular complexity index is 725. The number of carbonyl (C=O) groups excluding carboxylic acids is 1. The van der Waals surface area contributed by atoms with Crippen LogP contribution in [-0.2, 0) is 9.12 Å². The largest absolute Gasteiger partial charge is 0.543 e. The molecular weight excluding hydrogens is 418 g/mol. The molecule has 0 aliphatic carbocycles. The van der Waals surface area contributed by atoms with E-state index in [2.05, 4.69) is 62.5 Å². The van der Waals surface area contributed by atoms with Crippen LogP contribution in [0.2, 0.25) is 16.6 Å². The quantitative estimate of drug-likeness (QED) is 0.264. The molecule has 0 spiro atoms. The highest BCUT2D eigenvalue weighted by molar-refractivity contribution is 9.10. The monoisotopic (exact) mass is 447 g/mol. The molecule has 0 saturated carbocycles. The third-order valence-corrected chi connectivity index (χ3v) is 12.6. The van der Waals surface area contributed by atoms with Crippen molar-refractivity contribution >= 4 is 30.5 Å². The van der Waals surface area contributed by atoms with Gasteiger partial charge < -0.3 is 9.22 Å². The van der Waals surface area contributed by atoms with E-state index in [0.717, 1.165) is 23.2 Å². The Morgan fingerprint density at radius 1 is 0.963 bits per heavy atom. The molecule has 0 aliphatic heterocycles. The van der Waals surface area contributed by atoms with Crippen LogP contribution >= 0.6 is 15.9 Å². The van der Waals surface area contributed by atoms with Crippen molar-refractivity contribution in [1.29, 1.82) is 0 Å². The molecule has 27 heavy (non-hydrogen) atoms. The average molecular weight is 448 g/mol. The number of alkyl halides is 1. The maximum Gasteiger partial charge on any atom is 0.258 e. The van der Waals surface area contributed by atoms with Crippen LogP contribution in [0.3, 0.4) is 0 Å². The minimum Gasteiger partial charge on any atom is -0.543 e. The molecule has 0 saturated heterocycles. The number of benzene rings is 1. The van der Waals surface area contributed by atoms with Gasteiger partial charge in [-0.2, -0.15) is 0 Å². The highest BCUT2D eigenvalue weighted by Gasteiger charge is 2.47. The van der Waals surface area contributed by atoms with Crippen LogP contribution in [0.1, 0.15) is 52.7 Å². The fraction of sp³-hybridized carbons (Fsp3) is 0.455. The minimum atomic E-state index is -2.00. The lowest BCUT2D eigenvalue weighted by Gasteiger charge is -2.42. The molecule has 0 radical (unpaired) electrons. The maximum atomic E-state index is 11.9. The predicted molar refractivity (Wildman–Crippen MR) is 118 cm³/mol. The van der Waals surface area contributed by atoms with E-state index in [1.165, 1.54) is 0 Å². The molecule has 0 aliphatic rings. The van der Waals surface area contributed by atoms with E-state index in [-0.39, 0.29) is 0 Å². The van der Waals surface area contributed by atoms with Gasteiger partial charge in [-0.05, 0) is 45.9 Å². The highest BCUT2D eigenvalue weighted by atomic mass is 79.9. The van der Waals surface area contributed by atoms with E-state index in [1.54, 1.807) is 12.4 Å². The number of carbonyl (C=O) groups is 1. The van der Waals surface area contributed by atoms with Crippen molar-refractivity contribution in [1.82, 2.24) is 4.98 Å². The molecule has 3 nitrogen and oxygen atoms in total. The summed E-state index contributed by atoms with van der Waals surface area (Å²) in [5, 5.41) is 0. The number of nitrogens with zero attached hydrogens (tertiary/aromatic N) is 1. The highest BCUT2D eigenvalue weighted by Crippen LogP contribution is 2.43. The van der Waals surface area contributed by atoms with Gasteiger partial charge >= 0.3 is 0 Å². The predicted octanol–water partition coefficient (Wildman–Crippen LogP) is 6.47. The number of rotatable bonds is 8. The van der Waals surface area contributed by atoms with Crippen LogP contribution in [0, 0.1) is 0 Å². The summed E-state index contributed by atoms with van der Waals surface area (Å²) in [4.78, 5) is 16.1. The first-order chi connectivity index (χ1) is 12.7. The van der Waals surface area contributed by atoms with Crippen molar-refractivity contribution in [2.24, 2.45) is 0 Å². The van der Waals surface area contributed by atoms with E-state index >= 15 is 0 Å². The molecule has 0 bridgehead atoms. The lowest BCUT2D eigenvalue weighted by molar-refractivity contribution is -0.109. The Morgan fingerprint density at radius 2 is 1.52 bits per heavy atom. The van der Waals surface area contributed by atoms with Gasteiger partial charge in [0.05, 0.1) is 0 Å². The van der Waals surface area contributed by atoms with Crippen molar-refractivity contribution in [2.75, 3.05) is 0 Å². The zero-order valence-electron chi connectivity index (χ0n) is 17.1. The van der Waals surface area contributed by atoms with Gasteiger partial charge in [-0.1, -0.05) is 75.7 Å². The average Bonchev–Trinajstić information content (AvgIpc) is 2.65. The van der Waals surface area contributed by atoms with E-state index in [9.17, 15) is 4.79 Å². The SMILES string of the molecule is CC(C)[Si](Oc1ccc(C(Br)(C=O)c2cccnc2)cc1)(C(C)C)C(C)C. The van der Waals surface area contributed by atoms with Gasteiger partial charge in [-0.25, -0.2) is 0 Å². The number of pyridine rings is 1. The molecule has 0 N–H and O–H groups in total. The third-order valence-electron chi connectivity index (χ3n) is 5.52. The second-order valence-electron chi connectivity index (χ2n) is 8.02. The summed E-state index contributed by atoms with van der Waals surface area (Å²) in [5.41, 5.74) is 3.21. The topological polar surface area (TPSA) is 39.2 Å². The van der Waals surface area contributed by atoms with Crippen molar-refractivity contribution in [3.8, 4) is 5.75 Å². The molecule has 5 heteroatoms. The second-order valence-corrected chi connectivity index (χ2v) is 14.6. The van der Waals surface area contributed by atoms with E-state index < -0.39 is 12.6 Å². The second kappa shape index (κ2) is 8.70. The molecule has 2 rings (SSSR count). The molecule has 146 valence electrons. The maximum absolute atomic E-state index is 11.9. The summed E-state index contributed by atoms with van der Waals surface area (Å²) in [6.07, 6.45) is 4.32. The molecule has 1 atom stereocenters. The summed E-state index contributed by atoms with van der Waals surface area (Å²) in [5.74, 6) is 0.883. The summed E-state index contributed by atoms with van der Waals surface area (Å²) >= 11 is 3.62. The van der Waals surface area contributed by atoms with Gasteiger partial charge in [0.2, 0.25) is 0 Å². The first-order valence-electron chi connectivity index (χ1n) is 9.53. The number of hydrogen-bond donors (Lipinski definition) is 0. The van der Waals surface area contributed by atoms with Gasteiger partial charge in [0.1, 0.15) is 16.4 Å². The molecule has 0 amide bonds. The normalized spacial score (nSPS) is 14.4. The van der Waals surface area contributed by atoms with E-state index in [1.807, 2.05) is 36.4 Å². The molecular formula is C22H30BrNO2Si. The minimum absolute atomic E-state index is 0.512. The molecule has 1 aromatic heterocycles. The summed E-state index contributed by atoms with van der Waals surface area (Å²) < 4.78 is 5.82. The lowest BCUT2D eigenvalue weighted by Crippen LogP contribution is -2.50. The van der Waals surface area contributed by atoms with Crippen LogP contribution in [0.25, 0.3) is 0 Å². The van der Waals surface area contributed by atoms with Crippen LogP contribution in [-0.4, -0.2) is 19.6 Å². The first kappa shape index (κ1) is 21.8. The molecule has 1 aromatic carbocycles. The van der Waals surface area contributed by atoms with Crippen molar-refractivity contribution < 1.29 is 9.22 Å². The van der Waals surface area contributed by atoms with Crippen molar-refractivity contribution in [3.63, 3.8) is 0 Å². The standard InChI is InChI=1S/C22H30BrNO2Si/c1-16(2)27(17(3)4,18(5)6)26-21-11-9-19(10-12-21)22(23,15-25)20-8-7-13-24-14-20/h7-18H,1-6H3. The Labute approximate surface area is 172 Å². The summed E-state index contributed by atoms with van der Waals surface area (Å²) in [6, 6.07) is 11.6. The van der Waals surface area contributed by atoms with Gasteiger partial charge in [0, 0.05) is 12.4 Å². The number of aldehydes is 1. The van der Waals surface area contributed by atoms with Gasteiger partial charge in [-0.3, -0.25) is 4.98 Å². The van der Waals surface area contributed by atoms with Gasteiger partial charge in [0.15, 0.2) is 0 Å². The van der Waals surface area contributed by atoms with Crippen LogP contribution < -0.4 is 4.43 Å². The van der Waals surface area contributed by atoms with Gasteiger partial charge in [-0.15, -0.1) is 0 Å². The Kier molecular flexibility index (Phi) is 7.03. The fourth-order valence-electron chi connectivity index (χ4n) is 4.20. The van der Waals surface area contributed by atoms with Crippen molar-refractivity contribution in [3.05, 3.63) is 59.9 Å². The molecule has 1 heterocycles. The Hall–Kier alpha value is -1.46. The fourth-order valence-corrected chi connectivity index (χ4v) is 9.95. The lowest BCUT2D eigenvalue weighted by atomic mass is 9.93. The van der Waals surface area contributed by atoms with Crippen LogP contribution in [0.5, 0.6) is 5.75 Å². The van der Waals surface area contributed by atoms with E-state index in [4.69, 9.17) is 4.43 Å². The smallest absolute Gasteiger partial charge is 0.258 e. The number of halogens is 1. The summed E-state index contributed by atoms with van der Waals surface area (Å²) in [6.45, 7) is 13.7. The third kappa shape index (κ3) is 4.19. The van der Waals surface area contributed by atoms with Crippen LogP contribution in [0.15, 0.2) is 48.8 Å². The summed E-state index contributed by atoms with van der Waals surface area (Å²) in [7, 11) is -2.00. The number of hydrogen-bond acceptors (Lipinski definition) is 3. The Morgan fingerprint density at radius 3 is 1.93 bits per heavy atom. The van der Waals surface area contributed by atoms with Crippen molar-refractivity contribution in [2.45, 2.75) is 62.5 Å². The molecule has 2 aromatic rings. The van der Waals surface area contributed by atoms with E-state index in [0.29, 0.717) is 16.6 Å². The zero-order valence-corrected chi connectivity index (χ0v) is 19.7.